The number of rotatable bonds is 4. The van der Waals surface area contributed by atoms with E-state index >= 15 is 0 Å². The van der Waals surface area contributed by atoms with Crippen LogP contribution in [-0.4, -0.2) is 48.2 Å². The van der Waals surface area contributed by atoms with E-state index in [9.17, 15) is 9.59 Å². The minimum absolute atomic E-state index is 0.294. The van der Waals surface area contributed by atoms with Crippen molar-refractivity contribution in [2.75, 3.05) is 25.5 Å². The average molecular weight is 296 g/mol. The lowest BCUT2D eigenvalue weighted by Crippen LogP contribution is -2.36. The summed E-state index contributed by atoms with van der Waals surface area (Å²) in [5, 5.41) is 7.96. The van der Waals surface area contributed by atoms with E-state index in [0.29, 0.717) is 24.1 Å². The molecule has 2 N–H and O–H groups in total. The number of likely N-dealkylation sites (N-methyl/N-ethyl adjacent to an activating group) is 1. The first kappa shape index (κ1) is 13.2. The zero-order valence-electron chi connectivity index (χ0n) is 11.1. The van der Waals surface area contributed by atoms with E-state index in [0.717, 1.165) is 5.69 Å². The molecule has 1 aromatic rings. The van der Waals surface area contributed by atoms with Gasteiger partial charge in [0.05, 0.1) is 18.8 Å². The van der Waals surface area contributed by atoms with Crippen LogP contribution in [0.3, 0.4) is 0 Å². The first-order chi connectivity index (χ1) is 9.61. The molecule has 0 radical (unpaired) electrons. The van der Waals surface area contributed by atoms with Crippen molar-refractivity contribution < 1.29 is 14.3 Å². The van der Waals surface area contributed by atoms with Crippen LogP contribution in [0.15, 0.2) is 5.38 Å². The molecular formula is C12H16N4O3S. The predicted octanol–water partition coefficient (Wildman–Crippen LogP) is 1.59. The highest BCUT2D eigenvalue weighted by atomic mass is 32.1. The van der Waals surface area contributed by atoms with Gasteiger partial charge in [-0.25, -0.2) is 14.6 Å². The molecule has 0 aromatic carbocycles. The van der Waals surface area contributed by atoms with Crippen molar-refractivity contribution in [3.63, 3.8) is 0 Å². The first-order valence-corrected chi connectivity index (χ1v) is 7.42. The van der Waals surface area contributed by atoms with Crippen LogP contribution in [0, 0.1) is 0 Å². The zero-order valence-corrected chi connectivity index (χ0v) is 11.9. The molecule has 1 aliphatic carbocycles. The summed E-state index contributed by atoms with van der Waals surface area (Å²) in [4.78, 5) is 28.7. The van der Waals surface area contributed by atoms with Crippen LogP contribution in [0.25, 0.3) is 0 Å². The van der Waals surface area contributed by atoms with Crippen molar-refractivity contribution in [3.05, 3.63) is 11.1 Å². The number of cyclic esters (lactones) is 1. The number of carbonyl (C=O) groups is 2. The van der Waals surface area contributed by atoms with E-state index in [1.807, 2.05) is 5.38 Å². The Morgan fingerprint density at radius 2 is 2.40 bits per heavy atom. The highest BCUT2D eigenvalue weighted by molar-refractivity contribution is 7.13. The summed E-state index contributed by atoms with van der Waals surface area (Å²) in [6, 6.07) is -0.327. The van der Waals surface area contributed by atoms with Crippen LogP contribution in [-0.2, 0) is 4.74 Å². The molecule has 2 fully saturated rings. The van der Waals surface area contributed by atoms with Gasteiger partial charge in [0.25, 0.3) is 0 Å². The summed E-state index contributed by atoms with van der Waals surface area (Å²) in [6.45, 7) is 0.783. The first-order valence-electron chi connectivity index (χ1n) is 6.54. The molecule has 1 atom stereocenters. The van der Waals surface area contributed by atoms with Gasteiger partial charge in [-0.05, 0) is 12.8 Å². The number of hydrogen-bond donors (Lipinski definition) is 2. The van der Waals surface area contributed by atoms with Gasteiger partial charge in [0.1, 0.15) is 6.10 Å². The second-order valence-corrected chi connectivity index (χ2v) is 5.93. The summed E-state index contributed by atoms with van der Waals surface area (Å²) in [5.74, 6) is 0.582. The third-order valence-electron chi connectivity index (χ3n) is 3.28. The van der Waals surface area contributed by atoms with E-state index in [1.54, 1.807) is 7.05 Å². The second kappa shape index (κ2) is 5.28. The fraction of sp³-hybridized carbons (Fsp3) is 0.583. The van der Waals surface area contributed by atoms with Crippen LogP contribution in [0.4, 0.5) is 14.7 Å². The smallest absolute Gasteiger partial charge is 0.410 e. The van der Waals surface area contributed by atoms with Gasteiger partial charge in [0.15, 0.2) is 5.13 Å². The molecule has 8 heteroatoms. The molecule has 7 nitrogen and oxygen atoms in total. The number of ether oxygens (including phenoxy) is 1. The Hall–Kier alpha value is -1.83. The number of urea groups is 1. The lowest BCUT2D eigenvalue weighted by atomic mass is 10.3. The third kappa shape index (κ3) is 3.01. The van der Waals surface area contributed by atoms with Crippen molar-refractivity contribution in [1.29, 1.82) is 0 Å². The van der Waals surface area contributed by atoms with Gasteiger partial charge in [0.2, 0.25) is 0 Å². The monoisotopic (exact) mass is 296 g/mol. The number of hydrogen-bond acceptors (Lipinski definition) is 5. The van der Waals surface area contributed by atoms with Gasteiger partial charge in [0, 0.05) is 18.3 Å². The molecule has 0 bridgehead atoms. The lowest BCUT2D eigenvalue weighted by Gasteiger charge is -2.09. The highest BCUT2D eigenvalue weighted by Gasteiger charge is 2.28. The van der Waals surface area contributed by atoms with Crippen LogP contribution < -0.4 is 10.6 Å². The van der Waals surface area contributed by atoms with E-state index in [1.165, 1.54) is 29.1 Å². The maximum atomic E-state index is 11.7. The molecule has 3 rings (SSSR count). The van der Waals surface area contributed by atoms with Gasteiger partial charge in [-0.2, -0.15) is 0 Å². The van der Waals surface area contributed by atoms with Crippen LogP contribution in [0.5, 0.6) is 0 Å². The molecule has 1 saturated carbocycles. The highest BCUT2D eigenvalue weighted by Crippen LogP contribution is 2.40. The summed E-state index contributed by atoms with van der Waals surface area (Å²) < 4.78 is 5.05. The molecule has 2 heterocycles. The molecule has 2 aliphatic rings. The molecular weight excluding hydrogens is 280 g/mol. The number of anilines is 1. The van der Waals surface area contributed by atoms with Crippen molar-refractivity contribution >= 4 is 28.6 Å². The number of aromatic nitrogens is 1. The number of nitrogens with zero attached hydrogens (tertiary/aromatic N) is 2. The second-order valence-electron chi connectivity index (χ2n) is 5.07. The fourth-order valence-electron chi connectivity index (χ4n) is 2.01. The molecule has 1 aliphatic heterocycles. The normalized spacial score (nSPS) is 21.8. The van der Waals surface area contributed by atoms with E-state index in [-0.39, 0.29) is 18.2 Å². The standard InChI is InChI=1S/C12H16N4O3S/c1-16-5-8(19-12(16)18)4-13-10(17)15-11-14-9(6-20-11)7-2-3-7/h6-8H,2-5H2,1H3,(H2,13,14,15,17)/t8-/m1/s1. The van der Waals surface area contributed by atoms with Crippen molar-refractivity contribution in [2.45, 2.75) is 24.9 Å². The Morgan fingerprint density at radius 3 is 3.05 bits per heavy atom. The summed E-state index contributed by atoms with van der Waals surface area (Å²) in [6.07, 6.45) is 1.73. The third-order valence-corrected chi connectivity index (χ3v) is 4.06. The number of nitrogens with one attached hydrogen (secondary N) is 2. The number of thiazole rings is 1. The Bertz CT molecular complexity index is 529. The molecule has 0 spiro atoms. The predicted molar refractivity (Wildman–Crippen MR) is 74.0 cm³/mol. The minimum atomic E-state index is -0.355. The SMILES string of the molecule is CN1C[C@@H](CNC(=O)Nc2nc(C3CC3)cs2)OC1=O. The number of carbonyl (C=O) groups excluding carboxylic acids is 2. The zero-order chi connectivity index (χ0) is 14.1. The minimum Gasteiger partial charge on any atom is -0.442 e. The van der Waals surface area contributed by atoms with Gasteiger partial charge in [-0.1, -0.05) is 0 Å². The molecule has 0 unspecified atom stereocenters. The van der Waals surface area contributed by atoms with Crippen molar-refractivity contribution in [1.82, 2.24) is 15.2 Å². The lowest BCUT2D eigenvalue weighted by molar-refractivity contribution is 0.134. The van der Waals surface area contributed by atoms with Crippen LogP contribution >= 0.6 is 11.3 Å². The van der Waals surface area contributed by atoms with Gasteiger partial charge in [-0.3, -0.25) is 5.32 Å². The topological polar surface area (TPSA) is 83.6 Å². The largest absolute Gasteiger partial charge is 0.442 e. The fourth-order valence-corrected chi connectivity index (χ4v) is 2.80. The Morgan fingerprint density at radius 1 is 1.60 bits per heavy atom. The number of amides is 3. The van der Waals surface area contributed by atoms with Gasteiger partial charge >= 0.3 is 12.1 Å². The van der Waals surface area contributed by atoms with Gasteiger partial charge < -0.3 is 15.0 Å². The molecule has 1 saturated heterocycles. The van der Waals surface area contributed by atoms with Crippen molar-refractivity contribution in [3.8, 4) is 0 Å². The summed E-state index contributed by atoms with van der Waals surface area (Å²) in [7, 11) is 1.66. The molecule has 20 heavy (non-hydrogen) atoms. The Balaban J connectivity index is 1.43. The van der Waals surface area contributed by atoms with E-state index in [2.05, 4.69) is 15.6 Å². The van der Waals surface area contributed by atoms with Gasteiger partial charge in [-0.15, -0.1) is 11.3 Å². The van der Waals surface area contributed by atoms with Crippen LogP contribution in [0.2, 0.25) is 0 Å². The maximum absolute atomic E-state index is 11.7. The van der Waals surface area contributed by atoms with E-state index < -0.39 is 0 Å². The van der Waals surface area contributed by atoms with Crippen molar-refractivity contribution in [2.24, 2.45) is 0 Å². The van der Waals surface area contributed by atoms with Crippen LogP contribution in [0.1, 0.15) is 24.5 Å². The maximum Gasteiger partial charge on any atom is 0.410 e. The molecule has 3 amide bonds. The van der Waals surface area contributed by atoms with E-state index in [4.69, 9.17) is 4.74 Å². The molecule has 108 valence electrons. The summed E-state index contributed by atoms with van der Waals surface area (Å²) >= 11 is 1.43. The Kier molecular flexibility index (Phi) is 3.47. The molecule has 1 aromatic heterocycles. The quantitative estimate of drug-likeness (QED) is 0.884. The average Bonchev–Trinajstić information content (AvgIpc) is 3.08. The Labute approximate surface area is 120 Å². The summed E-state index contributed by atoms with van der Waals surface area (Å²) in [5.41, 5.74) is 1.07.